The monoisotopic (exact) mass is 225 g/mol. The third-order valence-corrected chi connectivity index (χ3v) is 2.83. The van der Waals surface area contributed by atoms with E-state index in [1.54, 1.807) is 12.1 Å². The van der Waals surface area contributed by atoms with Gasteiger partial charge in [0.2, 0.25) is 0 Å². The highest BCUT2D eigenvalue weighted by atomic mass is 35.5. The molecule has 1 nitrogen and oxygen atoms in total. The largest absolute Gasteiger partial charge is 0.309 e. The molecule has 80 valence electrons. The van der Waals surface area contributed by atoms with Crippen LogP contribution in [0.25, 0.3) is 0 Å². The molecule has 0 amide bonds. The van der Waals surface area contributed by atoms with Crippen molar-refractivity contribution in [2.75, 3.05) is 0 Å². The summed E-state index contributed by atoms with van der Waals surface area (Å²) >= 11 is 5.81. The molecule has 0 unspecified atom stereocenters. The topological polar surface area (TPSA) is 12.0 Å². The van der Waals surface area contributed by atoms with Crippen molar-refractivity contribution in [1.29, 1.82) is 0 Å². The Morgan fingerprint density at radius 1 is 1.33 bits per heavy atom. The minimum absolute atomic E-state index is 0.196. The molecule has 0 fully saturated rings. The van der Waals surface area contributed by atoms with Gasteiger partial charge in [0.05, 0.1) is 0 Å². The van der Waals surface area contributed by atoms with E-state index in [9.17, 15) is 4.39 Å². The summed E-state index contributed by atoms with van der Waals surface area (Å²) in [7, 11) is 0. The molecule has 0 atom stereocenters. The maximum absolute atomic E-state index is 13.3. The van der Waals surface area contributed by atoms with E-state index in [-0.39, 0.29) is 5.82 Å². The maximum atomic E-state index is 13.3. The van der Waals surface area contributed by atoms with Gasteiger partial charge in [-0.3, -0.25) is 0 Å². The molecule has 1 aromatic carbocycles. The van der Waals surface area contributed by atoms with Crippen molar-refractivity contribution in [3.63, 3.8) is 0 Å². The van der Waals surface area contributed by atoms with Crippen molar-refractivity contribution in [3.8, 4) is 0 Å². The number of hydrogen-bond donors (Lipinski definition) is 1. The summed E-state index contributed by atoms with van der Waals surface area (Å²) in [5, 5.41) is 3.89. The zero-order valence-corrected chi connectivity index (χ0v) is 9.10. The van der Waals surface area contributed by atoms with Crippen LogP contribution in [0.5, 0.6) is 0 Å². The normalized spacial score (nSPS) is 16.1. The van der Waals surface area contributed by atoms with Gasteiger partial charge >= 0.3 is 0 Å². The first kappa shape index (κ1) is 10.7. The fourth-order valence-corrected chi connectivity index (χ4v) is 1.91. The van der Waals surface area contributed by atoms with E-state index < -0.39 is 0 Å². The second kappa shape index (κ2) is 4.77. The van der Waals surface area contributed by atoms with Crippen LogP contribution < -0.4 is 5.32 Å². The Balaban J connectivity index is 1.95. The first-order valence-corrected chi connectivity index (χ1v) is 5.46. The molecule has 2 rings (SSSR count). The SMILES string of the molecule is Fc1ccc(Cl)cc1CNC1CC=CC1. The molecular formula is C12H13ClFN. The Morgan fingerprint density at radius 3 is 2.80 bits per heavy atom. The van der Waals surface area contributed by atoms with E-state index in [1.807, 2.05) is 0 Å². The van der Waals surface area contributed by atoms with Crippen LogP contribution in [0.15, 0.2) is 30.4 Å². The molecule has 0 heterocycles. The minimum Gasteiger partial charge on any atom is -0.309 e. The van der Waals surface area contributed by atoms with Crippen molar-refractivity contribution >= 4 is 11.6 Å². The van der Waals surface area contributed by atoms with Crippen molar-refractivity contribution in [3.05, 3.63) is 46.8 Å². The number of halogens is 2. The predicted molar refractivity (Wildman–Crippen MR) is 60.4 cm³/mol. The Labute approximate surface area is 93.9 Å². The summed E-state index contributed by atoms with van der Waals surface area (Å²) < 4.78 is 13.3. The Hall–Kier alpha value is -0.860. The van der Waals surface area contributed by atoms with Crippen molar-refractivity contribution < 1.29 is 4.39 Å². The Kier molecular flexibility index (Phi) is 3.39. The van der Waals surface area contributed by atoms with Crippen LogP contribution in [0, 0.1) is 5.82 Å². The molecule has 1 aliphatic rings. The summed E-state index contributed by atoms with van der Waals surface area (Å²) in [5.74, 6) is -0.196. The average molecular weight is 226 g/mol. The van der Waals surface area contributed by atoms with Crippen molar-refractivity contribution in [1.82, 2.24) is 5.32 Å². The molecule has 0 aromatic heterocycles. The van der Waals surface area contributed by atoms with Crippen LogP contribution in [-0.2, 0) is 6.54 Å². The molecule has 0 saturated heterocycles. The van der Waals surface area contributed by atoms with Crippen LogP contribution in [0.2, 0.25) is 5.02 Å². The zero-order valence-electron chi connectivity index (χ0n) is 8.34. The highest BCUT2D eigenvalue weighted by Crippen LogP contribution is 2.16. The van der Waals surface area contributed by atoms with Crippen molar-refractivity contribution in [2.24, 2.45) is 0 Å². The van der Waals surface area contributed by atoms with Crippen LogP contribution in [0.1, 0.15) is 18.4 Å². The average Bonchev–Trinajstić information content (AvgIpc) is 2.72. The Morgan fingerprint density at radius 2 is 2.07 bits per heavy atom. The maximum Gasteiger partial charge on any atom is 0.127 e. The summed E-state index contributed by atoms with van der Waals surface area (Å²) in [6.45, 7) is 0.540. The van der Waals surface area contributed by atoms with Gasteiger partial charge in [-0.15, -0.1) is 0 Å². The fourth-order valence-electron chi connectivity index (χ4n) is 1.72. The summed E-state index contributed by atoms with van der Waals surface area (Å²) in [5.41, 5.74) is 0.634. The summed E-state index contributed by atoms with van der Waals surface area (Å²) in [6.07, 6.45) is 6.35. The van der Waals surface area contributed by atoms with Gasteiger partial charge in [0.1, 0.15) is 5.82 Å². The van der Waals surface area contributed by atoms with Crippen LogP contribution in [0.4, 0.5) is 4.39 Å². The zero-order chi connectivity index (χ0) is 10.7. The molecule has 3 heteroatoms. The molecule has 1 aromatic rings. The smallest absolute Gasteiger partial charge is 0.127 e. The lowest BCUT2D eigenvalue weighted by atomic mass is 10.2. The fraction of sp³-hybridized carbons (Fsp3) is 0.333. The van der Waals surface area contributed by atoms with Gasteiger partial charge < -0.3 is 5.32 Å². The number of rotatable bonds is 3. The summed E-state index contributed by atoms with van der Waals surface area (Å²) in [4.78, 5) is 0. The summed E-state index contributed by atoms with van der Waals surface area (Å²) in [6, 6.07) is 5.10. The first-order valence-electron chi connectivity index (χ1n) is 5.08. The predicted octanol–water partition coefficient (Wildman–Crippen LogP) is 3.29. The molecule has 0 spiro atoms. The van der Waals surface area contributed by atoms with E-state index in [0.717, 1.165) is 12.8 Å². The van der Waals surface area contributed by atoms with Gasteiger partial charge in [-0.05, 0) is 31.0 Å². The minimum atomic E-state index is -0.196. The quantitative estimate of drug-likeness (QED) is 0.779. The van der Waals surface area contributed by atoms with Gasteiger partial charge in [0, 0.05) is 23.2 Å². The third kappa shape index (κ3) is 2.80. The van der Waals surface area contributed by atoms with Gasteiger partial charge in [0.15, 0.2) is 0 Å². The molecule has 0 radical (unpaired) electrons. The molecular weight excluding hydrogens is 213 g/mol. The molecule has 0 saturated carbocycles. The van der Waals surface area contributed by atoms with Gasteiger partial charge in [-0.1, -0.05) is 23.8 Å². The lowest BCUT2D eigenvalue weighted by Gasteiger charge is -2.12. The van der Waals surface area contributed by atoms with Crippen molar-refractivity contribution in [2.45, 2.75) is 25.4 Å². The van der Waals surface area contributed by atoms with Crippen LogP contribution in [-0.4, -0.2) is 6.04 Å². The highest BCUT2D eigenvalue weighted by Gasteiger charge is 2.10. The van der Waals surface area contributed by atoms with Gasteiger partial charge in [-0.25, -0.2) is 4.39 Å². The molecule has 15 heavy (non-hydrogen) atoms. The van der Waals surface area contributed by atoms with Crippen LogP contribution >= 0.6 is 11.6 Å². The van der Waals surface area contributed by atoms with Crippen LogP contribution in [0.3, 0.4) is 0 Å². The second-order valence-corrected chi connectivity index (χ2v) is 4.19. The number of nitrogens with one attached hydrogen (secondary N) is 1. The van der Waals surface area contributed by atoms with Gasteiger partial charge in [0.25, 0.3) is 0 Å². The van der Waals surface area contributed by atoms with Gasteiger partial charge in [-0.2, -0.15) is 0 Å². The van der Waals surface area contributed by atoms with E-state index >= 15 is 0 Å². The lowest BCUT2D eigenvalue weighted by Crippen LogP contribution is -2.26. The van der Waals surface area contributed by atoms with E-state index in [0.29, 0.717) is 23.2 Å². The second-order valence-electron chi connectivity index (χ2n) is 3.76. The number of benzene rings is 1. The molecule has 1 N–H and O–H groups in total. The lowest BCUT2D eigenvalue weighted by molar-refractivity contribution is 0.520. The first-order chi connectivity index (χ1) is 7.25. The molecule has 0 bridgehead atoms. The van der Waals surface area contributed by atoms with E-state index in [1.165, 1.54) is 6.07 Å². The molecule has 1 aliphatic carbocycles. The Bertz CT molecular complexity index is 368. The molecule has 0 aliphatic heterocycles. The van der Waals surface area contributed by atoms with E-state index in [4.69, 9.17) is 11.6 Å². The standard InChI is InChI=1S/C12H13ClFN/c13-10-5-6-12(14)9(7-10)8-15-11-3-1-2-4-11/h1-2,5-7,11,15H,3-4,8H2. The third-order valence-electron chi connectivity index (χ3n) is 2.60. The number of hydrogen-bond acceptors (Lipinski definition) is 1. The highest BCUT2D eigenvalue weighted by molar-refractivity contribution is 6.30. The van der Waals surface area contributed by atoms with E-state index in [2.05, 4.69) is 17.5 Å².